The van der Waals surface area contributed by atoms with E-state index in [1.54, 1.807) is 24.4 Å². The van der Waals surface area contributed by atoms with Crippen LogP contribution in [0.1, 0.15) is 39.2 Å². The third kappa shape index (κ3) is 5.03. The van der Waals surface area contributed by atoms with Crippen LogP contribution in [0.5, 0.6) is 5.75 Å². The second kappa shape index (κ2) is 8.35. The minimum absolute atomic E-state index is 0.0554. The first-order chi connectivity index (χ1) is 9.56. The molecule has 1 rings (SSSR count). The molecule has 0 aliphatic heterocycles. The van der Waals surface area contributed by atoms with Gasteiger partial charge in [-0.05, 0) is 24.5 Å². The van der Waals surface area contributed by atoms with Gasteiger partial charge < -0.3 is 10.4 Å². The Labute approximate surface area is 120 Å². The Morgan fingerprint density at radius 3 is 2.70 bits per heavy atom. The molecule has 0 bridgehead atoms. The first-order valence-electron chi connectivity index (χ1n) is 7.15. The maximum Gasteiger partial charge on any atom is 0.245 e. The zero-order valence-electron chi connectivity index (χ0n) is 12.5. The van der Waals surface area contributed by atoms with Crippen LogP contribution in [-0.2, 0) is 4.79 Å². The standard InChI is InChI=1S/C16H24N2O2/c1-4-5-10-17-16(20)15(12(2)3)18-11-13-8-6-7-9-14(13)19/h6-9,11-12,15,19H,4-5,10H2,1-3H3,(H,17,20)/b18-11+. The van der Waals surface area contributed by atoms with Crippen molar-refractivity contribution in [1.82, 2.24) is 5.32 Å². The van der Waals surface area contributed by atoms with Gasteiger partial charge in [0.05, 0.1) is 0 Å². The van der Waals surface area contributed by atoms with Crippen LogP contribution >= 0.6 is 0 Å². The third-order valence-corrected chi connectivity index (χ3v) is 3.04. The summed E-state index contributed by atoms with van der Waals surface area (Å²) in [7, 11) is 0. The number of phenolic OH excluding ortho intramolecular Hbond substituents is 1. The van der Waals surface area contributed by atoms with Crippen LogP contribution in [0.2, 0.25) is 0 Å². The summed E-state index contributed by atoms with van der Waals surface area (Å²) in [6, 6.07) is 6.53. The van der Waals surface area contributed by atoms with E-state index in [9.17, 15) is 9.90 Å². The lowest BCUT2D eigenvalue weighted by Crippen LogP contribution is -2.37. The van der Waals surface area contributed by atoms with E-state index in [1.165, 1.54) is 0 Å². The molecule has 0 radical (unpaired) electrons. The van der Waals surface area contributed by atoms with E-state index in [2.05, 4.69) is 17.2 Å². The molecular formula is C16H24N2O2. The molecule has 0 aliphatic rings. The highest BCUT2D eigenvalue weighted by atomic mass is 16.3. The van der Waals surface area contributed by atoms with Gasteiger partial charge >= 0.3 is 0 Å². The Balaban J connectivity index is 2.72. The summed E-state index contributed by atoms with van der Waals surface area (Å²) >= 11 is 0. The molecule has 0 saturated heterocycles. The first kappa shape index (κ1) is 16.2. The Kier molecular flexibility index (Phi) is 6.77. The molecule has 0 aliphatic carbocycles. The molecule has 1 aromatic rings. The van der Waals surface area contributed by atoms with E-state index in [0.717, 1.165) is 12.8 Å². The van der Waals surface area contributed by atoms with Crippen LogP contribution in [-0.4, -0.2) is 29.8 Å². The number of aromatic hydroxyl groups is 1. The van der Waals surface area contributed by atoms with E-state index in [4.69, 9.17) is 0 Å². The fourth-order valence-electron chi connectivity index (χ4n) is 1.79. The highest BCUT2D eigenvalue weighted by molar-refractivity contribution is 5.88. The smallest absolute Gasteiger partial charge is 0.245 e. The minimum Gasteiger partial charge on any atom is -0.507 e. The normalized spacial score (nSPS) is 12.8. The summed E-state index contributed by atoms with van der Waals surface area (Å²) in [6.07, 6.45) is 3.59. The van der Waals surface area contributed by atoms with Gasteiger partial charge in [0.2, 0.25) is 5.91 Å². The molecule has 4 heteroatoms. The van der Waals surface area contributed by atoms with Crippen LogP contribution in [0.3, 0.4) is 0 Å². The zero-order chi connectivity index (χ0) is 15.0. The number of carbonyl (C=O) groups excluding carboxylic acids is 1. The second-order valence-corrected chi connectivity index (χ2v) is 5.17. The molecule has 1 aromatic carbocycles. The summed E-state index contributed by atoms with van der Waals surface area (Å²) in [5, 5.41) is 12.6. The maximum atomic E-state index is 12.1. The van der Waals surface area contributed by atoms with Crippen molar-refractivity contribution in [2.75, 3.05) is 6.54 Å². The van der Waals surface area contributed by atoms with E-state index >= 15 is 0 Å². The summed E-state index contributed by atoms with van der Waals surface area (Å²) in [6.45, 7) is 6.70. The molecule has 1 atom stereocenters. The topological polar surface area (TPSA) is 61.7 Å². The maximum absolute atomic E-state index is 12.1. The number of aliphatic imine (C=N–C) groups is 1. The summed E-state index contributed by atoms with van der Waals surface area (Å²) in [5.74, 6) is 0.226. The Hall–Kier alpha value is -1.84. The van der Waals surface area contributed by atoms with Gasteiger partial charge in [-0.15, -0.1) is 0 Å². The van der Waals surface area contributed by atoms with Gasteiger partial charge in [-0.2, -0.15) is 0 Å². The lowest BCUT2D eigenvalue weighted by Gasteiger charge is -2.16. The number of carbonyl (C=O) groups is 1. The van der Waals surface area contributed by atoms with Crippen molar-refractivity contribution >= 4 is 12.1 Å². The first-order valence-corrected chi connectivity index (χ1v) is 7.15. The van der Waals surface area contributed by atoms with Crippen LogP contribution in [0.25, 0.3) is 0 Å². The number of para-hydroxylation sites is 1. The van der Waals surface area contributed by atoms with Crippen LogP contribution < -0.4 is 5.32 Å². The number of hydrogen-bond donors (Lipinski definition) is 2. The van der Waals surface area contributed by atoms with Crippen molar-refractivity contribution in [3.8, 4) is 5.75 Å². The summed E-state index contributed by atoms with van der Waals surface area (Å²) < 4.78 is 0. The second-order valence-electron chi connectivity index (χ2n) is 5.17. The molecule has 110 valence electrons. The molecule has 0 heterocycles. The number of amides is 1. The average molecular weight is 276 g/mol. The summed E-state index contributed by atoms with van der Waals surface area (Å²) in [4.78, 5) is 16.4. The van der Waals surface area contributed by atoms with Gasteiger partial charge in [0.15, 0.2) is 0 Å². The van der Waals surface area contributed by atoms with Crippen LogP contribution in [0.4, 0.5) is 0 Å². The number of nitrogens with one attached hydrogen (secondary N) is 1. The largest absolute Gasteiger partial charge is 0.507 e. The van der Waals surface area contributed by atoms with Gasteiger partial charge in [0.1, 0.15) is 11.8 Å². The number of hydrogen-bond acceptors (Lipinski definition) is 3. The summed E-state index contributed by atoms with van der Waals surface area (Å²) in [5.41, 5.74) is 0.625. The van der Waals surface area contributed by atoms with Crippen molar-refractivity contribution in [3.63, 3.8) is 0 Å². The fraction of sp³-hybridized carbons (Fsp3) is 0.500. The van der Waals surface area contributed by atoms with Crippen LogP contribution in [0.15, 0.2) is 29.3 Å². The Morgan fingerprint density at radius 2 is 2.10 bits per heavy atom. The molecule has 1 unspecified atom stereocenters. The lowest BCUT2D eigenvalue weighted by atomic mass is 10.0. The Morgan fingerprint density at radius 1 is 1.40 bits per heavy atom. The van der Waals surface area contributed by atoms with Gasteiger partial charge in [-0.25, -0.2) is 0 Å². The number of nitrogens with zero attached hydrogens (tertiary/aromatic N) is 1. The number of benzene rings is 1. The van der Waals surface area contributed by atoms with Crippen molar-refractivity contribution < 1.29 is 9.90 Å². The van der Waals surface area contributed by atoms with Crippen LogP contribution in [0, 0.1) is 5.92 Å². The number of unbranched alkanes of at least 4 members (excludes halogenated alkanes) is 1. The van der Waals surface area contributed by atoms with Gasteiger partial charge in [-0.3, -0.25) is 9.79 Å². The quantitative estimate of drug-likeness (QED) is 0.594. The molecule has 0 aromatic heterocycles. The van der Waals surface area contributed by atoms with Crippen molar-refractivity contribution in [3.05, 3.63) is 29.8 Å². The Bertz CT molecular complexity index is 456. The molecular weight excluding hydrogens is 252 g/mol. The predicted octanol–water partition coefficient (Wildman–Crippen LogP) is 2.75. The van der Waals surface area contributed by atoms with Crippen molar-refractivity contribution in [1.29, 1.82) is 0 Å². The molecule has 20 heavy (non-hydrogen) atoms. The van der Waals surface area contributed by atoms with Gasteiger partial charge in [0.25, 0.3) is 0 Å². The minimum atomic E-state index is -0.425. The van der Waals surface area contributed by atoms with Gasteiger partial charge in [-0.1, -0.05) is 39.3 Å². The molecule has 2 N–H and O–H groups in total. The fourth-order valence-corrected chi connectivity index (χ4v) is 1.79. The van der Waals surface area contributed by atoms with E-state index in [1.807, 2.05) is 19.9 Å². The van der Waals surface area contributed by atoms with Crippen molar-refractivity contribution in [2.45, 2.75) is 39.7 Å². The SMILES string of the molecule is CCCCNC(=O)C(/N=C/c1ccccc1O)C(C)C. The third-order valence-electron chi connectivity index (χ3n) is 3.04. The van der Waals surface area contributed by atoms with E-state index in [-0.39, 0.29) is 17.6 Å². The molecule has 1 amide bonds. The van der Waals surface area contributed by atoms with E-state index < -0.39 is 6.04 Å². The highest BCUT2D eigenvalue weighted by Crippen LogP contribution is 2.14. The van der Waals surface area contributed by atoms with Gasteiger partial charge in [0, 0.05) is 18.3 Å². The number of phenols is 1. The lowest BCUT2D eigenvalue weighted by molar-refractivity contribution is -0.123. The molecule has 0 spiro atoms. The zero-order valence-corrected chi connectivity index (χ0v) is 12.5. The molecule has 0 fully saturated rings. The monoisotopic (exact) mass is 276 g/mol. The van der Waals surface area contributed by atoms with Crippen molar-refractivity contribution in [2.24, 2.45) is 10.9 Å². The average Bonchev–Trinajstić information content (AvgIpc) is 2.41. The predicted molar refractivity (Wildman–Crippen MR) is 82.2 cm³/mol. The molecule has 0 saturated carbocycles. The number of rotatable bonds is 7. The molecule has 4 nitrogen and oxygen atoms in total. The van der Waals surface area contributed by atoms with E-state index in [0.29, 0.717) is 12.1 Å². The highest BCUT2D eigenvalue weighted by Gasteiger charge is 2.20.